The average Bonchev–Trinajstić information content (AvgIpc) is 1.93. The van der Waals surface area contributed by atoms with Gasteiger partial charge in [-0.2, -0.15) is 29.5 Å². The monoisotopic (exact) mass is 1280 g/mol. The van der Waals surface area contributed by atoms with Gasteiger partial charge in [0.25, 0.3) is 12.7 Å². The maximum absolute atomic E-state index is 4.02. The maximum atomic E-state index is 4.02. The van der Waals surface area contributed by atoms with Crippen LogP contribution in [0.2, 0.25) is 0 Å². The van der Waals surface area contributed by atoms with Gasteiger partial charge in [0.2, 0.25) is 0 Å². The molecule has 20 rings (SSSR count). The third kappa shape index (κ3) is 7.80. The van der Waals surface area contributed by atoms with Crippen molar-refractivity contribution in [2.45, 2.75) is 25.7 Å². The normalized spacial score (nSPS) is 13.6. The molecule has 10 heteroatoms. The van der Waals surface area contributed by atoms with Crippen LogP contribution in [0, 0.1) is 24.8 Å². The van der Waals surface area contributed by atoms with E-state index < -0.39 is 0 Å². The summed E-state index contributed by atoms with van der Waals surface area (Å²) in [5.41, 5.74) is 16.2. The molecule has 0 spiro atoms. The fourth-order valence-electron chi connectivity index (χ4n) is 14.0. The van der Waals surface area contributed by atoms with Crippen LogP contribution in [0.4, 0.5) is 0 Å². The molecule has 4 aliphatic rings. The zero-order valence-corrected chi connectivity index (χ0v) is 48.5. The molecule has 0 aliphatic heterocycles. The van der Waals surface area contributed by atoms with E-state index in [-0.39, 0.29) is 20.1 Å². The molecule has 4 heterocycles. The quantitative estimate of drug-likeness (QED) is 0.0974. The molecule has 407 valence electrons. The first-order valence-corrected chi connectivity index (χ1v) is 28.9. The average molecular weight is 1280 g/mol. The Labute approximate surface area is 507 Å². The summed E-state index contributed by atoms with van der Waals surface area (Å²) in [7, 11) is 0. The molecule has 86 heavy (non-hydrogen) atoms. The minimum Gasteiger partial charge on any atom is -0.329 e. The maximum Gasteiger partial charge on any atom is 0.267 e. The van der Waals surface area contributed by atoms with E-state index in [0.717, 1.165) is 48.4 Å². The Kier molecular flexibility index (Phi) is 11.5. The van der Waals surface area contributed by atoms with Crippen LogP contribution >= 0.6 is 0 Å². The van der Waals surface area contributed by atoms with Gasteiger partial charge in [0.1, 0.15) is 0 Å². The van der Waals surface area contributed by atoms with Gasteiger partial charge >= 0.3 is 0 Å². The van der Waals surface area contributed by atoms with Gasteiger partial charge < -0.3 is 14.2 Å². The Hall–Kier alpha value is -10.5. The van der Waals surface area contributed by atoms with Crippen LogP contribution in [0.1, 0.15) is 46.2 Å². The Morgan fingerprint density at radius 2 is 0.930 bits per heavy atom. The van der Waals surface area contributed by atoms with Gasteiger partial charge in [0.05, 0.1) is 22.9 Å². The van der Waals surface area contributed by atoms with Crippen molar-refractivity contribution < 1.29 is 29.2 Å². The SMILES string of the molecule is [Ir].[c-]1cc2c3c4c(ccc3c1-n1[c-][n+](-c3ccc5ccc6cccc7ccc3c5c67)cc1)C=CCC4=CC2.[c-]1cc2c3c4c(ccc3c1-n1[c-][n+](-c3ccc5ccc6cccc7ccc3c5c67)cc1)C=CCC4=CC2.c1ccc(-c2nnn[n-]2)nc1. The first-order valence-electron chi connectivity index (χ1n) is 28.9. The number of imidazole rings is 2. The van der Waals surface area contributed by atoms with Crippen molar-refractivity contribution in [2.24, 2.45) is 0 Å². The summed E-state index contributed by atoms with van der Waals surface area (Å²) in [6.07, 6.45) is 35.2. The number of nitrogens with zero attached hydrogens (tertiary/aromatic N) is 9. The summed E-state index contributed by atoms with van der Waals surface area (Å²) < 4.78 is 8.44. The molecule has 4 aliphatic carbocycles. The number of tetrazole rings is 1. The summed E-state index contributed by atoms with van der Waals surface area (Å²) in [5, 5.41) is 34.7. The number of hydrogen-bond acceptors (Lipinski definition) is 4. The minimum absolute atomic E-state index is 0. The first-order chi connectivity index (χ1) is 42.1. The fraction of sp³-hybridized carbons (Fsp3) is 0.0526. The summed E-state index contributed by atoms with van der Waals surface area (Å²) in [4.78, 5) is 4.02. The second kappa shape index (κ2) is 19.8. The topological polar surface area (TPSA) is 83.3 Å². The van der Waals surface area contributed by atoms with Gasteiger partial charge in [-0.15, -0.1) is 44.8 Å². The second-order valence-electron chi connectivity index (χ2n) is 22.4. The van der Waals surface area contributed by atoms with Gasteiger partial charge in [-0.3, -0.25) is 24.4 Å². The zero-order valence-electron chi connectivity index (χ0n) is 46.1. The summed E-state index contributed by atoms with van der Waals surface area (Å²) >= 11 is 0. The van der Waals surface area contributed by atoms with E-state index in [1.54, 1.807) is 12.3 Å². The third-order valence-corrected chi connectivity index (χ3v) is 17.8. The smallest absolute Gasteiger partial charge is 0.267 e. The number of rotatable bonds is 5. The molecule has 9 nitrogen and oxygen atoms in total. The molecule has 4 aromatic heterocycles. The molecule has 0 amide bonds. The Morgan fingerprint density at radius 1 is 0.453 bits per heavy atom. The van der Waals surface area contributed by atoms with E-state index in [1.807, 2.05) is 12.1 Å². The predicted octanol–water partition coefficient (Wildman–Crippen LogP) is 15.4. The van der Waals surface area contributed by atoms with Crippen molar-refractivity contribution in [2.75, 3.05) is 0 Å². The number of hydrogen-bond donors (Lipinski definition) is 0. The van der Waals surface area contributed by atoms with E-state index >= 15 is 0 Å². The fourth-order valence-corrected chi connectivity index (χ4v) is 14.0. The summed E-state index contributed by atoms with van der Waals surface area (Å²) in [5.74, 6) is 0.464. The van der Waals surface area contributed by atoms with Gasteiger partial charge in [-0.25, -0.2) is 0 Å². The van der Waals surface area contributed by atoms with Crippen LogP contribution in [0.15, 0.2) is 219 Å². The van der Waals surface area contributed by atoms with E-state index in [1.165, 1.54) is 131 Å². The van der Waals surface area contributed by atoms with Gasteiger partial charge in [0.15, 0.2) is 0 Å². The summed E-state index contributed by atoms with van der Waals surface area (Å²) in [6.45, 7) is 0. The van der Waals surface area contributed by atoms with Crippen LogP contribution < -0.4 is 14.2 Å². The number of aromatic nitrogens is 9. The molecule has 0 unspecified atom stereocenters. The van der Waals surface area contributed by atoms with Crippen molar-refractivity contribution in [1.82, 2.24) is 34.7 Å². The minimum atomic E-state index is 0. The molecule has 1 radical (unpaired) electrons. The second-order valence-corrected chi connectivity index (χ2v) is 22.4. The summed E-state index contributed by atoms with van der Waals surface area (Å²) in [6, 6.07) is 66.0. The molecule has 0 bridgehead atoms. The van der Waals surface area contributed by atoms with E-state index in [9.17, 15) is 0 Å². The van der Waals surface area contributed by atoms with Crippen molar-refractivity contribution in [1.29, 1.82) is 0 Å². The standard InChI is InChI=1S/2C35H21N2.C6H4N5.Ir/c2*1-3-22-7-9-26-13-17-30(28-15-11-24(5-1)32(22)34(26)28)36-19-20-37(21-36)31-18-14-27-10-8-23-4-2-6-25-12-16-29(31)35(27)33(23)25;1-2-4-7-5(3-1)6-8-10-11-9-6;/h2*1-3,5-9,11-17,19-20H,4,10H2;1-4H;/q3*-1;. The molecule has 12 aromatic carbocycles. The molecule has 0 saturated heterocycles. The van der Waals surface area contributed by atoms with Crippen molar-refractivity contribution in [3.05, 3.63) is 277 Å². The van der Waals surface area contributed by atoms with Crippen molar-refractivity contribution in [3.63, 3.8) is 0 Å². The van der Waals surface area contributed by atoms with E-state index in [4.69, 9.17) is 0 Å². The number of benzene rings is 12. The molecule has 0 saturated carbocycles. The Bertz CT molecular complexity index is 5210. The number of pyridine rings is 1. The van der Waals surface area contributed by atoms with E-state index in [0.29, 0.717) is 11.5 Å². The molecular weight excluding hydrogens is 1230 g/mol. The van der Waals surface area contributed by atoms with Gasteiger partial charge in [0, 0.05) is 51.1 Å². The Balaban J connectivity index is 0.000000113. The Morgan fingerprint density at radius 3 is 1.41 bits per heavy atom. The van der Waals surface area contributed by atoms with Crippen molar-refractivity contribution >= 4 is 109 Å². The molecule has 0 fully saturated rings. The van der Waals surface area contributed by atoms with Crippen LogP contribution in [0.25, 0.3) is 144 Å². The van der Waals surface area contributed by atoms with E-state index in [2.05, 4.69) is 276 Å². The zero-order chi connectivity index (χ0) is 55.7. The third-order valence-electron chi connectivity index (χ3n) is 17.8. The van der Waals surface area contributed by atoms with Crippen LogP contribution in [-0.2, 0) is 32.9 Å². The molecule has 16 aromatic rings. The van der Waals surface area contributed by atoms with Crippen LogP contribution in [0.5, 0.6) is 0 Å². The first kappa shape index (κ1) is 50.0. The number of allylic oxidation sites excluding steroid dienone is 6. The largest absolute Gasteiger partial charge is 0.329 e. The van der Waals surface area contributed by atoms with Crippen LogP contribution in [-0.4, -0.2) is 29.6 Å². The molecule has 0 N–H and O–H groups in total. The molecule has 0 atom stereocenters. The van der Waals surface area contributed by atoms with Gasteiger partial charge in [-0.05, 0) is 147 Å². The van der Waals surface area contributed by atoms with Gasteiger partial charge in [-0.1, -0.05) is 165 Å². The predicted molar refractivity (Wildman–Crippen MR) is 339 cm³/mol. The van der Waals surface area contributed by atoms with Crippen LogP contribution in [0.3, 0.4) is 0 Å². The molecular formula is C76H46IrN9-3. The van der Waals surface area contributed by atoms with Crippen molar-refractivity contribution in [3.8, 4) is 34.3 Å².